The minimum atomic E-state index is -0.133. The predicted molar refractivity (Wildman–Crippen MR) is 91.4 cm³/mol. The molecule has 128 valence electrons. The number of rotatable bonds is 7. The van der Waals surface area contributed by atoms with E-state index in [0.29, 0.717) is 28.8 Å². The molecule has 0 radical (unpaired) electrons. The molecule has 0 bridgehead atoms. The number of nitrogens with one attached hydrogen (secondary N) is 1. The number of methoxy groups -OCH3 is 2. The van der Waals surface area contributed by atoms with Crippen molar-refractivity contribution in [2.75, 3.05) is 47.0 Å². The minimum Gasteiger partial charge on any atom is -0.496 e. The van der Waals surface area contributed by atoms with Crippen LogP contribution < -0.4 is 10.1 Å². The highest BCUT2D eigenvalue weighted by molar-refractivity contribution is 6.31. The number of hydrogen-bond acceptors (Lipinski definition) is 4. The second kappa shape index (κ2) is 9.11. The number of carbonyl (C=O) groups excluding carboxylic acids is 1. The van der Waals surface area contributed by atoms with Crippen molar-refractivity contribution in [1.29, 1.82) is 0 Å². The number of piperidine rings is 1. The number of carbonyl (C=O) groups is 1. The van der Waals surface area contributed by atoms with Crippen molar-refractivity contribution in [1.82, 2.24) is 10.2 Å². The zero-order chi connectivity index (χ0) is 16.7. The predicted octanol–water partition coefficient (Wildman–Crippen LogP) is 2.44. The molecule has 0 aliphatic carbocycles. The maximum atomic E-state index is 12.3. The van der Waals surface area contributed by atoms with Crippen LogP contribution in [0.4, 0.5) is 0 Å². The van der Waals surface area contributed by atoms with Crippen LogP contribution in [0, 0.1) is 5.92 Å². The molecule has 1 aromatic rings. The van der Waals surface area contributed by atoms with Gasteiger partial charge in [-0.15, -0.1) is 0 Å². The van der Waals surface area contributed by atoms with E-state index in [1.807, 2.05) is 0 Å². The Kier molecular flexibility index (Phi) is 7.15. The Labute approximate surface area is 142 Å². The highest BCUT2D eigenvalue weighted by atomic mass is 35.5. The summed E-state index contributed by atoms with van der Waals surface area (Å²) in [6.45, 7) is 4.56. The fraction of sp³-hybridized carbons (Fsp3) is 0.588. The van der Waals surface area contributed by atoms with Gasteiger partial charge in [0.15, 0.2) is 0 Å². The molecular formula is C17H25ClN2O3. The van der Waals surface area contributed by atoms with E-state index in [0.717, 1.165) is 39.1 Å². The average Bonchev–Trinajstić information content (AvgIpc) is 2.58. The van der Waals surface area contributed by atoms with Gasteiger partial charge in [0.2, 0.25) is 0 Å². The third-order valence-electron chi connectivity index (χ3n) is 4.28. The number of halogens is 1. The van der Waals surface area contributed by atoms with Crippen molar-refractivity contribution in [2.45, 2.75) is 12.8 Å². The smallest absolute Gasteiger partial charge is 0.255 e. The lowest BCUT2D eigenvalue weighted by atomic mass is 9.96. The molecule has 6 heteroatoms. The SMILES string of the molecule is COCCN1CCC(CNC(=O)c2cc(Cl)ccc2OC)CC1. The van der Waals surface area contributed by atoms with Crippen molar-refractivity contribution >= 4 is 17.5 Å². The molecular weight excluding hydrogens is 316 g/mol. The normalized spacial score (nSPS) is 16.3. The first kappa shape index (κ1) is 18.0. The molecule has 5 nitrogen and oxygen atoms in total. The summed E-state index contributed by atoms with van der Waals surface area (Å²) >= 11 is 5.97. The summed E-state index contributed by atoms with van der Waals surface area (Å²) in [6.07, 6.45) is 2.19. The van der Waals surface area contributed by atoms with Gasteiger partial charge < -0.3 is 19.7 Å². The van der Waals surface area contributed by atoms with Crippen molar-refractivity contribution in [3.8, 4) is 5.75 Å². The maximum Gasteiger partial charge on any atom is 0.255 e. The largest absolute Gasteiger partial charge is 0.496 e. The van der Waals surface area contributed by atoms with Crippen molar-refractivity contribution < 1.29 is 14.3 Å². The Morgan fingerprint density at radius 3 is 2.74 bits per heavy atom. The number of nitrogens with zero attached hydrogens (tertiary/aromatic N) is 1. The van der Waals surface area contributed by atoms with E-state index >= 15 is 0 Å². The molecule has 0 saturated carbocycles. The van der Waals surface area contributed by atoms with E-state index < -0.39 is 0 Å². The lowest BCUT2D eigenvalue weighted by Crippen LogP contribution is -2.39. The monoisotopic (exact) mass is 340 g/mol. The van der Waals surface area contributed by atoms with Crippen molar-refractivity contribution in [3.63, 3.8) is 0 Å². The van der Waals surface area contributed by atoms with Gasteiger partial charge in [-0.1, -0.05) is 11.6 Å². The molecule has 1 heterocycles. The van der Waals surface area contributed by atoms with Gasteiger partial charge in [-0.05, 0) is 50.0 Å². The summed E-state index contributed by atoms with van der Waals surface area (Å²) in [5.74, 6) is 0.926. The Morgan fingerprint density at radius 1 is 1.35 bits per heavy atom. The molecule has 0 atom stereocenters. The van der Waals surface area contributed by atoms with Gasteiger partial charge in [0, 0.05) is 25.2 Å². The summed E-state index contributed by atoms with van der Waals surface area (Å²) < 4.78 is 10.3. The van der Waals surface area contributed by atoms with E-state index in [1.54, 1.807) is 32.4 Å². The van der Waals surface area contributed by atoms with Crippen molar-refractivity contribution in [2.24, 2.45) is 5.92 Å². The third kappa shape index (κ3) is 5.37. The van der Waals surface area contributed by atoms with Crippen LogP contribution in [0.5, 0.6) is 5.75 Å². The Hall–Kier alpha value is -1.30. The highest BCUT2D eigenvalue weighted by Gasteiger charge is 2.20. The molecule has 0 unspecified atom stereocenters. The Bertz CT molecular complexity index is 517. The number of ether oxygens (including phenoxy) is 2. The van der Waals surface area contributed by atoms with Crippen LogP contribution in [0.25, 0.3) is 0 Å². The molecule has 1 fully saturated rings. The Morgan fingerprint density at radius 2 is 2.09 bits per heavy atom. The summed E-state index contributed by atoms with van der Waals surface area (Å²) in [7, 11) is 3.28. The molecule has 1 amide bonds. The van der Waals surface area contributed by atoms with Gasteiger partial charge >= 0.3 is 0 Å². The molecule has 1 N–H and O–H groups in total. The number of amides is 1. The molecule has 0 aromatic heterocycles. The number of likely N-dealkylation sites (tertiary alicyclic amines) is 1. The first-order valence-corrected chi connectivity index (χ1v) is 8.35. The average molecular weight is 341 g/mol. The maximum absolute atomic E-state index is 12.3. The van der Waals surface area contributed by atoms with Gasteiger partial charge in [-0.3, -0.25) is 4.79 Å². The molecule has 1 saturated heterocycles. The third-order valence-corrected chi connectivity index (χ3v) is 4.51. The fourth-order valence-electron chi connectivity index (χ4n) is 2.82. The van der Waals surface area contributed by atoms with Crippen LogP contribution in [-0.2, 0) is 4.74 Å². The first-order valence-electron chi connectivity index (χ1n) is 7.97. The highest BCUT2D eigenvalue weighted by Crippen LogP contribution is 2.23. The molecule has 1 aliphatic heterocycles. The molecule has 2 rings (SSSR count). The molecule has 1 aromatic carbocycles. The van der Waals surface area contributed by atoms with Crippen LogP contribution in [0.15, 0.2) is 18.2 Å². The van der Waals surface area contributed by atoms with Crippen LogP contribution >= 0.6 is 11.6 Å². The van der Waals surface area contributed by atoms with Gasteiger partial charge in [0.25, 0.3) is 5.91 Å². The Balaban J connectivity index is 1.80. The van der Waals surface area contributed by atoms with Gasteiger partial charge in [-0.2, -0.15) is 0 Å². The minimum absolute atomic E-state index is 0.133. The summed E-state index contributed by atoms with van der Waals surface area (Å²) in [5, 5.41) is 3.54. The molecule has 0 spiro atoms. The zero-order valence-corrected chi connectivity index (χ0v) is 14.6. The van der Waals surface area contributed by atoms with Gasteiger partial charge in [0.05, 0.1) is 19.3 Å². The summed E-state index contributed by atoms with van der Waals surface area (Å²) in [4.78, 5) is 14.8. The summed E-state index contributed by atoms with van der Waals surface area (Å²) in [6, 6.07) is 5.07. The first-order chi connectivity index (χ1) is 11.1. The second-order valence-electron chi connectivity index (χ2n) is 5.83. The lowest BCUT2D eigenvalue weighted by Gasteiger charge is -2.31. The summed E-state index contributed by atoms with van der Waals surface area (Å²) in [5.41, 5.74) is 0.484. The van der Waals surface area contributed by atoms with Crippen LogP contribution in [0.2, 0.25) is 5.02 Å². The van der Waals surface area contributed by atoms with Gasteiger partial charge in [-0.25, -0.2) is 0 Å². The van der Waals surface area contributed by atoms with E-state index in [1.165, 1.54) is 0 Å². The van der Waals surface area contributed by atoms with Crippen molar-refractivity contribution in [3.05, 3.63) is 28.8 Å². The van der Waals surface area contributed by atoms with E-state index in [2.05, 4.69) is 10.2 Å². The van der Waals surface area contributed by atoms with Crippen LogP contribution in [-0.4, -0.2) is 57.8 Å². The van der Waals surface area contributed by atoms with Crippen LogP contribution in [0.1, 0.15) is 23.2 Å². The quantitative estimate of drug-likeness (QED) is 0.828. The van der Waals surface area contributed by atoms with Gasteiger partial charge in [0.1, 0.15) is 5.75 Å². The molecule has 1 aliphatic rings. The number of benzene rings is 1. The fourth-order valence-corrected chi connectivity index (χ4v) is 3.00. The topological polar surface area (TPSA) is 50.8 Å². The number of hydrogen-bond donors (Lipinski definition) is 1. The second-order valence-corrected chi connectivity index (χ2v) is 6.27. The van der Waals surface area contributed by atoms with E-state index in [-0.39, 0.29) is 5.91 Å². The zero-order valence-electron chi connectivity index (χ0n) is 13.8. The van der Waals surface area contributed by atoms with Crippen LogP contribution in [0.3, 0.4) is 0 Å². The molecule has 23 heavy (non-hydrogen) atoms. The van der Waals surface area contributed by atoms with E-state index in [9.17, 15) is 4.79 Å². The lowest BCUT2D eigenvalue weighted by molar-refractivity contribution is 0.0923. The standard InChI is InChI=1S/C17H25ClN2O3/c1-22-10-9-20-7-5-13(6-8-20)12-19-17(21)15-11-14(18)3-4-16(15)23-2/h3-4,11,13H,5-10,12H2,1-2H3,(H,19,21). The van der Waals surface area contributed by atoms with E-state index in [4.69, 9.17) is 21.1 Å².